The molecular formula is C42H33ClF3N11O4. The number of benzene rings is 2. The van der Waals surface area contributed by atoms with Gasteiger partial charge in [-0.05, 0) is 91.1 Å². The van der Waals surface area contributed by atoms with Crippen LogP contribution in [0.5, 0.6) is 11.5 Å². The molecule has 2 amide bonds. The van der Waals surface area contributed by atoms with Crippen LogP contribution in [0.3, 0.4) is 0 Å². The minimum atomic E-state index is -4.61. The van der Waals surface area contributed by atoms with Crippen LogP contribution in [0.2, 0.25) is 5.02 Å². The van der Waals surface area contributed by atoms with E-state index in [1.807, 2.05) is 15.2 Å². The van der Waals surface area contributed by atoms with Gasteiger partial charge in [0.25, 0.3) is 11.8 Å². The lowest BCUT2D eigenvalue weighted by Crippen LogP contribution is -2.20. The van der Waals surface area contributed by atoms with Crippen molar-refractivity contribution in [2.45, 2.75) is 44.4 Å². The van der Waals surface area contributed by atoms with Crippen molar-refractivity contribution in [2.24, 2.45) is 0 Å². The van der Waals surface area contributed by atoms with E-state index < -0.39 is 29.6 Å². The molecule has 308 valence electrons. The van der Waals surface area contributed by atoms with Crippen LogP contribution in [0.1, 0.15) is 57.2 Å². The van der Waals surface area contributed by atoms with Gasteiger partial charge in [-0.25, -0.2) is 9.97 Å². The van der Waals surface area contributed by atoms with Gasteiger partial charge in [-0.2, -0.15) is 13.2 Å². The highest BCUT2D eigenvalue weighted by atomic mass is 35.5. The first kappa shape index (κ1) is 39.3. The normalized spacial score (nSPS) is 15.8. The van der Waals surface area contributed by atoms with E-state index in [2.05, 4.69) is 41.0 Å². The summed E-state index contributed by atoms with van der Waals surface area (Å²) in [6, 6.07) is 20.5. The number of anilines is 2. The van der Waals surface area contributed by atoms with Crippen LogP contribution in [-0.4, -0.2) is 69.5 Å². The van der Waals surface area contributed by atoms with E-state index in [1.54, 1.807) is 67.3 Å². The van der Waals surface area contributed by atoms with Gasteiger partial charge in [0.15, 0.2) is 11.6 Å². The van der Waals surface area contributed by atoms with Crippen molar-refractivity contribution in [2.75, 3.05) is 23.8 Å². The van der Waals surface area contributed by atoms with Gasteiger partial charge in [0.1, 0.15) is 52.9 Å². The van der Waals surface area contributed by atoms with Gasteiger partial charge >= 0.3 is 6.18 Å². The van der Waals surface area contributed by atoms with E-state index in [0.717, 1.165) is 18.7 Å². The summed E-state index contributed by atoms with van der Waals surface area (Å²) in [6.07, 6.45) is 1.57. The second kappa shape index (κ2) is 16.4. The Morgan fingerprint density at radius 2 is 1.43 bits per heavy atom. The molecule has 0 saturated heterocycles. The third-order valence-corrected chi connectivity index (χ3v) is 10.5. The Bertz CT molecular complexity index is 2780. The Morgan fingerprint density at radius 1 is 0.721 bits per heavy atom. The number of rotatable bonds is 2. The number of carbonyl (C=O) groups excluding carboxylic acids is 2. The maximum atomic E-state index is 14.1. The Hall–Kier alpha value is -7.21. The van der Waals surface area contributed by atoms with Crippen LogP contribution in [0.15, 0.2) is 97.7 Å². The molecule has 15 nitrogen and oxygen atoms in total. The first-order valence-electron chi connectivity index (χ1n) is 19.2. The molecule has 0 spiro atoms. The zero-order valence-corrected chi connectivity index (χ0v) is 32.7. The van der Waals surface area contributed by atoms with E-state index in [0.29, 0.717) is 83.0 Å². The van der Waals surface area contributed by atoms with Gasteiger partial charge < -0.3 is 29.2 Å². The monoisotopic (exact) mass is 847 g/mol. The number of hydrogen-bond donors (Lipinski definition) is 2. The minimum Gasteiger partial charge on any atom is -0.493 e. The lowest BCUT2D eigenvalue weighted by molar-refractivity contribution is -0.141. The smallest absolute Gasteiger partial charge is 0.433 e. The summed E-state index contributed by atoms with van der Waals surface area (Å²) < 4.78 is 56.3. The number of amides is 2. The molecule has 2 aromatic carbocycles. The molecule has 0 radical (unpaired) electrons. The van der Waals surface area contributed by atoms with E-state index in [9.17, 15) is 22.8 Å². The summed E-state index contributed by atoms with van der Waals surface area (Å²) >= 11 is 6.34. The molecule has 7 aromatic rings. The Kier molecular flexibility index (Phi) is 10.6. The zero-order valence-electron chi connectivity index (χ0n) is 31.9. The minimum absolute atomic E-state index is 0.0261. The number of nitrogens with one attached hydrogen (secondary N) is 2. The van der Waals surface area contributed by atoms with Gasteiger partial charge in [0, 0.05) is 35.8 Å². The van der Waals surface area contributed by atoms with Crippen LogP contribution < -0.4 is 20.1 Å². The summed E-state index contributed by atoms with van der Waals surface area (Å²) in [5.74, 6) is 0.484. The molecule has 5 aromatic heterocycles. The topological polar surface area (TPSA) is 177 Å². The molecular weight excluding hydrogens is 815 g/mol. The summed E-state index contributed by atoms with van der Waals surface area (Å²) in [5.41, 5.74) is 1.70. The third-order valence-electron chi connectivity index (χ3n) is 10.2. The van der Waals surface area contributed by atoms with E-state index in [1.165, 1.54) is 12.1 Å². The fourth-order valence-corrected chi connectivity index (χ4v) is 7.32. The number of halogens is 4. The molecule has 0 fully saturated rings. The lowest BCUT2D eigenvalue weighted by atomic mass is 9.95. The lowest BCUT2D eigenvalue weighted by Gasteiger charge is -2.22. The summed E-state index contributed by atoms with van der Waals surface area (Å²) in [6.45, 7) is 1.38. The molecule has 2 aliphatic rings. The van der Waals surface area contributed by atoms with Gasteiger partial charge in [-0.3, -0.25) is 14.6 Å². The van der Waals surface area contributed by atoms with Gasteiger partial charge in [0.2, 0.25) is 0 Å². The largest absolute Gasteiger partial charge is 0.493 e. The number of ether oxygens (including phenoxy) is 2. The van der Waals surface area contributed by atoms with Crippen molar-refractivity contribution >= 4 is 35.1 Å². The number of aryl methyl sites for hydroxylation is 2. The third kappa shape index (κ3) is 8.47. The van der Waals surface area contributed by atoms with Crippen LogP contribution in [-0.2, 0) is 19.3 Å². The Balaban J connectivity index is 1.14. The zero-order chi connectivity index (χ0) is 42.1. The second-order valence-electron chi connectivity index (χ2n) is 14.3. The maximum Gasteiger partial charge on any atom is 0.433 e. The molecule has 9 rings (SSSR count). The fraction of sp³-hybridized carbons (Fsp3) is 0.214. The number of aromatic nitrogens is 9. The van der Waals surface area contributed by atoms with Crippen LogP contribution >= 0.6 is 11.6 Å². The molecule has 0 aliphatic carbocycles. The van der Waals surface area contributed by atoms with Gasteiger partial charge in [-0.15, -0.1) is 20.4 Å². The number of hydrogen-bond acceptors (Lipinski definition) is 11. The quantitative estimate of drug-likeness (QED) is 0.173. The first-order valence-corrected chi connectivity index (χ1v) is 19.5. The van der Waals surface area contributed by atoms with E-state index in [-0.39, 0.29) is 35.1 Å². The molecule has 2 N–H and O–H groups in total. The highest BCUT2D eigenvalue weighted by molar-refractivity contribution is 6.31. The molecule has 1 atom stereocenters. The molecule has 7 heterocycles. The first-order chi connectivity index (χ1) is 29.6. The van der Waals surface area contributed by atoms with E-state index in [4.69, 9.17) is 26.1 Å². The number of carbonyl (C=O) groups is 2. The molecule has 19 heteroatoms. The average Bonchev–Trinajstić information content (AvgIpc) is 3.93. The number of alkyl halides is 3. The fourth-order valence-electron chi connectivity index (χ4n) is 7.14. The molecule has 4 bridgehead atoms. The van der Waals surface area contributed by atoms with Crippen molar-refractivity contribution in [3.8, 4) is 45.7 Å². The number of nitrogens with zero attached hydrogens (tertiary/aromatic N) is 9. The molecule has 61 heavy (non-hydrogen) atoms. The predicted molar refractivity (Wildman–Crippen MR) is 216 cm³/mol. The Morgan fingerprint density at radius 3 is 2.21 bits per heavy atom. The standard InChI is InChI=1S/C42H33ClF3N11O4/c43-28-8-10-33-30(19-28)41(59)53-37-18-27(17-32(51-37)39-55-48-22-56(39)13-1-2-15-60-33)26-12-14-57-23-49-54-38(57)31-4-3-5-36(50-31)52-40(58)29-16-24(6-9-34(29)61-21-26)25-7-11-35(47-20-25)42(44,45)46/h3-11,16-20,22-23,26H,1-2,12-15,21H2,(H,50,52,58)(H,51,53,59). The van der Waals surface area contributed by atoms with Crippen LogP contribution in [0, 0.1) is 0 Å². The van der Waals surface area contributed by atoms with Crippen molar-refractivity contribution in [1.29, 1.82) is 0 Å². The Labute approximate surface area is 350 Å². The highest BCUT2D eigenvalue weighted by Crippen LogP contribution is 2.35. The number of pyridine rings is 3. The van der Waals surface area contributed by atoms with Crippen molar-refractivity contribution < 1.29 is 32.2 Å². The van der Waals surface area contributed by atoms with Crippen molar-refractivity contribution in [3.63, 3.8) is 0 Å². The highest BCUT2D eigenvalue weighted by Gasteiger charge is 2.32. The molecule has 0 saturated carbocycles. The van der Waals surface area contributed by atoms with Crippen LogP contribution in [0.25, 0.3) is 34.2 Å². The SMILES string of the molecule is O=C1Nc2cc(C3CCn4cnnc4-c4cccc(n4)NC(=O)c4cc(-c5ccc(C(F)(F)F)nc5)ccc4OC3)cc(n2)-c2nncn2CCCCOc2ccc(Cl)cc21. The summed E-state index contributed by atoms with van der Waals surface area (Å²) in [5, 5.41) is 23.2. The molecule has 2 aliphatic heterocycles. The van der Waals surface area contributed by atoms with Crippen LogP contribution in [0.4, 0.5) is 24.8 Å². The summed E-state index contributed by atoms with van der Waals surface area (Å²) in [4.78, 5) is 41.1. The predicted octanol–water partition coefficient (Wildman–Crippen LogP) is 7.97. The maximum absolute atomic E-state index is 14.1. The second-order valence-corrected chi connectivity index (χ2v) is 14.8. The summed E-state index contributed by atoms with van der Waals surface area (Å²) in [7, 11) is 0. The average molecular weight is 848 g/mol. The number of fused-ring (bicyclic) bond motifs is 10. The van der Waals surface area contributed by atoms with Crippen molar-refractivity contribution in [1.82, 2.24) is 44.5 Å². The van der Waals surface area contributed by atoms with Crippen molar-refractivity contribution in [3.05, 3.63) is 125 Å². The van der Waals surface area contributed by atoms with Gasteiger partial charge in [0.05, 0.1) is 24.3 Å². The van der Waals surface area contributed by atoms with Gasteiger partial charge in [-0.1, -0.05) is 29.8 Å². The molecule has 1 unspecified atom stereocenters. The van der Waals surface area contributed by atoms with E-state index >= 15 is 0 Å².